The zero-order chi connectivity index (χ0) is 21.2. The number of morpholine rings is 1. The van der Waals surface area contributed by atoms with Crippen molar-refractivity contribution in [3.63, 3.8) is 0 Å². The second-order valence-corrected chi connectivity index (χ2v) is 9.34. The van der Waals surface area contributed by atoms with Crippen molar-refractivity contribution < 1.29 is 17.9 Å². The lowest BCUT2D eigenvalue weighted by Crippen LogP contribution is -2.40. The van der Waals surface area contributed by atoms with Crippen LogP contribution in [0.4, 0.5) is 5.69 Å². The van der Waals surface area contributed by atoms with Gasteiger partial charge in [0.05, 0.1) is 28.7 Å². The van der Waals surface area contributed by atoms with Gasteiger partial charge in [-0.3, -0.25) is 4.79 Å². The number of hydrogen-bond donors (Lipinski definition) is 0. The minimum atomic E-state index is -3.72. The summed E-state index contributed by atoms with van der Waals surface area (Å²) in [5, 5.41) is 0.222. The van der Waals surface area contributed by atoms with E-state index in [0.29, 0.717) is 19.8 Å². The fraction of sp³-hybridized carbons (Fsp3) is 0.381. The van der Waals surface area contributed by atoms with Crippen LogP contribution in [0.5, 0.6) is 0 Å². The molecule has 0 bridgehead atoms. The molecule has 0 aromatic heterocycles. The Morgan fingerprint density at radius 1 is 1.14 bits per heavy atom. The molecule has 0 unspecified atom stereocenters. The predicted octanol–water partition coefficient (Wildman–Crippen LogP) is 3.64. The lowest BCUT2D eigenvalue weighted by atomic mass is 10.1. The number of ether oxygens (including phenoxy) is 1. The van der Waals surface area contributed by atoms with E-state index in [0.717, 1.165) is 16.8 Å². The van der Waals surface area contributed by atoms with E-state index < -0.39 is 10.0 Å². The summed E-state index contributed by atoms with van der Waals surface area (Å²) in [6.45, 7) is 7.50. The first-order valence-electron chi connectivity index (χ1n) is 9.52. The number of rotatable bonds is 5. The predicted molar refractivity (Wildman–Crippen MR) is 114 cm³/mol. The lowest BCUT2D eigenvalue weighted by Gasteiger charge is -2.27. The topological polar surface area (TPSA) is 66.9 Å². The molecule has 1 amide bonds. The SMILES string of the molecule is CCN(C(=O)c1cc(S(=O)(=O)N2CCOCC2)ccc1Cl)c1cc(C)ccc1C. The van der Waals surface area contributed by atoms with Crippen molar-refractivity contribution >= 4 is 33.2 Å². The van der Waals surface area contributed by atoms with Crippen LogP contribution >= 0.6 is 11.6 Å². The zero-order valence-corrected chi connectivity index (χ0v) is 18.4. The van der Waals surface area contributed by atoms with Crippen LogP contribution in [-0.4, -0.2) is 51.5 Å². The average Bonchev–Trinajstić information content (AvgIpc) is 2.71. The number of hydrogen-bond acceptors (Lipinski definition) is 4. The maximum atomic E-state index is 13.3. The molecule has 1 fully saturated rings. The molecular weight excluding hydrogens is 412 g/mol. The van der Waals surface area contributed by atoms with Gasteiger partial charge in [0, 0.05) is 25.3 Å². The number of nitrogens with zero attached hydrogens (tertiary/aromatic N) is 2. The molecule has 2 aromatic rings. The van der Waals surface area contributed by atoms with E-state index in [-0.39, 0.29) is 34.5 Å². The summed E-state index contributed by atoms with van der Waals surface area (Å²) in [4.78, 5) is 15.0. The number of halogens is 1. The molecule has 1 heterocycles. The molecule has 6 nitrogen and oxygen atoms in total. The Bertz CT molecular complexity index is 1020. The molecule has 0 N–H and O–H groups in total. The first-order chi connectivity index (χ1) is 13.8. The second-order valence-electron chi connectivity index (χ2n) is 7.00. The van der Waals surface area contributed by atoms with Crippen molar-refractivity contribution in [2.75, 3.05) is 37.7 Å². The Morgan fingerprint density at radius 2 is 1.83 bits per heavy atom. The zero-order valence-electron chi connectivity index (χ0n) is 16.8. The van der Waals surface area contributed by atoms with Gasteiger partial charge in [-0.25, -0.2) is 8.42 Å². The summed E-state index contributed by atoms with van der Waals surface area (Å²) in [5.41, 5.74) is 2.95. The Hall–Kier alpha value is -1.93. The number of benzene rings is 2. The van der Waals surface area contributed by atoms with Crippen molar-refractivity contribution in [3.8, 4) is 0 Å². The number of sulfonamides is 1. The molecule has 3 rings (SSSR count). The van der Waals surface area contributed by atoms with Crippen LogP contribution in [0.2, 0.25) is 5.02 Å². The summed E-state index contributed by atoms with van der Waals surface area (Å²) in [6, 6.07) is 10.2. The van der Waals surface area contributed by atoms with Gasteiger partial charge in [-0.1, -0.05) is 23.7 Å². The lowest BCUT2D eigenvalue weighted by molar-refractivity contribution is 0.0730. The molecular formula is C21H25ClN2O4S. The van der Waals surface area contributed by atoms with E-state index >= 15 is 0 Å². The number of anilines is 1. The number of carbonyl (C=O) groups is 1. The Kier molecular flexibility index (Phi) is 6.63. The van der Waals surface area contributed by atoms with Crippen molar-refractivity contribution in [2.45, 2.75) is 25.7 Å². The number of carbonyl (C=O) groups excluding carboxylic acids is 1. The molecule has 8 heteroatoms. The second kappa shape index (κ2) is 8.83. The van der Waals surface area contributed by atoms with Crippen LogP contribution in [0.25, 0.3) is 0 Å². The number of aryl methyl sites for hydroxylation is 2. The minimum absolute atomic E-state index is 0.0594. The van der Waals surface area contributed by atoms with E-state index in [9.17, 15) is 13.2 Å². The maximum Gasteiger partial charge on any atom is 0.259 e. The van der Waals surface area contributed by atoms with Gasteiger partial charge in [-0.15, -0.1) is 0 Å². The fourth-order valence-electron chi connectivity index (χ4n) is 3.34. The van der Waals surface area contributed by atoms with Gasteiger partial charge in [-0.2, -0.15) is 4.31 Å². The van der Waals surface area contributed by atoms with E-state index in [4.69, 9.17) is 16.3 Å². The first kappa shape index (κ1) is 21.8. The van der Waals surface area contributed by atoms with Gasteiger partial charge in [-0.05, 0) is 56.2 Å². The van der Waals surface area contributed by atoms with Crippen LogP contribution < -0.4 is 4.90 Å². The molecule has 0 atom stereocenters. The van der Waals surface area contributed by atoms with Crippen molar-refractivity contribution in [3.05, 3.63) is 58.1 Å². The Morgan fingerprint density at radius 3 is 2.48 bits per heavy atom. The largest absolute Gasteiger partial charge is 0.379 e. The van der Waals surface area contributed by atoms with Gasteiger partial charge in [0.25, 0.3) is 5.91 Å². The maximum absolute atomic E-state index is 13.3. The van der Waals surface area contributed by atoms with Gasteiger partial charge in [0.1, 0.15) is 0 Å². The van der Waals surface area contributed by atoms with Gasteiger partial charge < -0.3 is 9.64 Å². The standard InChI is InChI=1S/C21H25ClN2O4S/c1-4-24(20-13-15(2)5-6-16(20)3)21(25)18-14-17(7-8-19(18)22)29(26,27)23-9-11-28-12-10-23/h5-8,13-14H,4,9-12H2,1-3H3. The van der Waals surface area contributed by atoms with Gasteiger partial charge in [0.2, 0.25) is 10.0 Å². The van der Waals surface area contributed by atoms with Crippen LogP contribution in [-0.2, 0) is 14.8 Å². The molecule has 1 aliphatic heterocycles. The van der Waals surface area contributed by atoms with Crippen LogP contribution in [0.1, 0.15) is 28.4 Å². The quantitative estimate of drug-likeness (QED) is 0.717. The monoisotopic (exact) mass is 436 g/mol. The van der Waals surface area contributed by atoms with Crippen LogP contribution in [0.15, 0.2) is 41.3 Å². The third-order valence-corrected chi connectivity index (χ3v) is 7.22. The van der Waals surface area contributed by atoms with E-state index in [1.54, 1.807) is 4.90 Å². The smallest absolute Gasteiger partial charge is 0.259 e. The molecule has 1 saturated heterocycles. The van der Waals surface area contributed by atoms with Crippen LogP contribution in [0, 0.1) is 13.8 Å². The van der Waals surface area contributed by atoms with Crippen molar-refractivity contribution in [1.29, 1.82) is 0 Å². The summed E-state index contributed by atoms with van der Waals surface area (Å²) in [7, 11) is -3.72. The summed E-state index contributed by atoms with van der Waals surface area (Å²) >= 11 is 6.31. The Balaban J connectivity index is 2.00. The Labute approximate surface area is 177 Å². The van der Waals surface area contributed by atoms with Crippen molar-refractivity contribution in [2.24, 2.45) is 0 Å². The normalized spacial score (nSPS) is 15.3. The third kappa shape index (κ3) is 4.48. The first-order valence-corrected chi connectivity index (χ1v) is 11.3. The molecule has 0 spiro atoms. The highest BCUT2D eigenvalue weighted by Crippen LogP contribution is 2.28. The number of amides is 1. The molecule has 0 saturated carbocycles. The minimum Gasteiger partial charge on any atom is -0.379 e. The van der Waals surface area contributed by atoms with Crippen molar-refractivity contribution in [1.82, 2.24) is 4.31 Å². The van der Waals surface area contributed by atoms with Crippen LogP contribution in [0.3, 0.4) is 0 Å². The molecule has 29 heavy (non-hydrogen) atoms. The molecule has 0 radical (unpaired) electrons. The van der Waals surface area contributed by atoms with E-state index in [1.807, 2.05) is 39.0 Å². The fourth-order valence-corrected chi connectivity index (χ4v) is 4.98. The molecule has 2 aromatic carbocycles. The molecule has 1 aliphatic rings. The molecule has 0 aliphatic carbocycles. The molecule has 156 valence electrons. The summed E-state index contributed by atoms with van der Waals surface area (Å²) in [6.07, 6.45) is 0. The average molecular weight is 437 g/mol. The van der Waals surface area contributed by atoms with E-state index in [2.05, 4.69) is 0 Å². The highest BCUT2D eigenvalue weighted by Gasteiger charge is 2.28. The van der Waals surface area contributed by atoms with E-state index in [1.165, 1.54) is 22.5 Å². The van der Waals surface area contributed by atoms with Gasteiger partial charge >= 0.3 is 0 Å². The van der Waals surface area contributed by atoms with Gasteiger partial charge in [0.15, 0.2) is 0 Å². The highest BCUT2D eigenvalue weighted by molar-refractivity contribution is 7.89. The highest BCUT2D eigenvalue weighted by atomic mass is 35.5. The third-order valence-electron chi connectivity index (χ3n) is 4.99. The summed E-state index contributed by atoms with van der Waals surface area (Å²) < 4.78 is 32.6. The summed E-state index contributed by atoms with van der Waals surface area (Å²) in [5.74, 6) is -0.328.